The molecule has 2 unspecified atom stereocenters. The molecule has 1 heterocycles. The minimum absolute atomic E-state index is 0.0707. The molecule has 2 amide bonds. The van der Waals surface area contributed by atoms with Gasteiger partial charge in [0.2, 0.25) is 0 Å². The molecule has 3 rings (SSSR count). The van der Waals surface area contributed by atoms with Gasteiger partial charge in [-0.05, 0) is 0 Å². The number of carbonyl (C=O) groups excluding carboxylic acids is 2. The fourth-order valence-electron chi connectivity index (χ4n) is 4.57. The predicted octanol–water partition coefficient (Wildman–Crippen LogP) is 5.01. The van der Waals surface area contributed by atoms with Crippen molar-refractivity contribution in [3.05, 3.63) is 70.2 Å². The van der Waals surface area contributed by atoms with Gasteiger partial charge in [0, 0.05) is 0 Å². The van der Waals surface area contributed by atoms with Crippen LogP contribution in [0.2, 0.25) is 15.9 Å². The first-order valence-corrected chi connectivity index (χ1v) is 16.8. The third-order valence-corrected chi connectivity index (χ3v) is 8.48. The summed E-state index contributed by atoms with van der Waals surface area (Å²) in [5, 5.41) is 7.58. The Morgan fingerprint density at radius 2 is 1.95 bits per heavy atom. The van der Waals surface area contributed by atoms with Crippen LogP contribution in [0, 0.1) is 5.92 Å². The Morgan fingerprint density at radius 1 is 1.16 bits per heavy atom. The second kappa shape index (κ2) is 16.0. The van der Waals surface area contributed by atoms with E-state index in [-0.39, 0.29) is 40.9 Å². The molecule has 1 aliphatic heterocycles. The van der Waals surface area contributed by atoms with Crippen LogP contribution in [0.15, 0.2) is 48.5 Å². The van der Waals surface area contributed by atoms with E-state index in [4.69, 9.17) is 21.1 Å². The number of nitrogens with one attached hydrogen (secondary N) is 2. The van der Waals surface area contributed by atoms with Crippen molar-refractivity contribution >= 4 is 39.4 Å². The number of methoxy groups -OCH3 is 1. The zero-order valence-electron chi connectivity index (χ0n) is 21.6. The zero-order chi connectivity index (χ0) is 26.5. The molecule has 0 bridgehead atoms. The van der Waals surface area contributed by atoms with Crippen molar-refractivity contribution in [2.45, 2.75) is 48.7 Å². The Bertz CT molecular complexity index is 1000. The van der Waals surface area contributed by atoms with Crippen LogP contribution < -0.4 is 10.6 Å². The summed E-state index contributed by atoms with van der Waals surface area (Å²) in [4.78, 5) is 24.7. The Hall–Kier alpha value is -2.05. The second-order valence-corrected chi connectivity index (χ2v) is 12.0. The number of ether oxygens (including phenoxy) is 3. The normalized spacial score (nSPS) is 17.6. The molecule has 202 valence electrons. The van der Waals surface area contributed by atoms with Crippen molar-refractivity contribution in [1.29, 1.82) is 0 Å². The Balaban J connectivity index is 1.73. The van der Waals surface area contributed by atoms with E-state index in [1.165, 1.54) is 13.5 Å². The summed E-state index contributed by atoms with van der Waals surface area (Å²) in [5.74, 6) is 0.426. The topological polar surface area (TPSA) is 85.9 Å². The van der Waals surface area contributed by atoms with E-state index in [1.807, 2.05) is 42.5 Å². The molecular formula is C28H38AsClN2O5. The number of rotatable bonds is 12. The maximum absolute atomic E-state index is 13.3. The zero-order valence-corrected chi connectivity index (χ0v) is 24.5. The molecule has 2 aromatic rings. The second-order valence-electron chi connectivity index (χ2n) is 9.25. The molecule has 4 atom stereocenters. The molecule has 1 saturated heterocycles. The van der Waals surface area contributed by atoms with Crippen LogP contribution in [-0.2, 0) is 14.2 Å². The first kappa shape index (κ1) is 29.5. The van der Waals surface area contributed by atoms with Gasteiger partial charge in [-0.3, -0.25) is 0 Å². The average molecular weight is 593 g/mol. The van der Waals surface area contributed by atoms with Crippen LogP contribution >= 0.6 is 11.6 Å². The molecule has 0 aromatic heterocycles. The van der Waals surface area contributed by atoms with Crippen LogP contribution in [-0.4, -0.2) is 67.3 Å². The van der Waals surface area contributed by atoms with E-state index in [0.717, 1.165) is 48.8 Å². The van der Waals surface area contributed by atoms with E-state index >= 15 is 0 Å². The van der Waals surface area contributed by atoms with Gasteiger partial charge < -0.3 is 4.74 Å². The number of carbonyl (C=O) groups is 2. The van der Waals surface area contributed by atoms with Crippen molar-refractivity contribution in [3.8, 4) is 0 Å². The first-order valence-electron chi connectivity index (χ1n) is 12.8. The average Bonchev–Trinajstić information content (AvgIpc) is 3.17. The molecule has 9 heteroatoms. The maximum atomic E-state index is 13.3. The van der Waals surface area contributed by atoms with Gasteiger partial charge in [-0.2, -0.15) is 0 Å². The summed E-state index contributed by atoms with van der Waals surface area (Å²) in [6, 6.07) is 15.2. The molecule has 37 heavy (non-hydrogen) atoms. The SMILES string of the molecule is COC(=O)NCCOC(c1cccc(Cl)c1)c1cccc(C(=O)N[C@H](C[AsH]C)C[C@H]2CCCCOC2)c1. The Morgan fingerprint density at radius 3 is 2.70 bits per heavy atom. The van der Waals surface area contributed by atoms with Gasteiger partial charge >= 0.3 is 216 Å². The summed E-state index contributed by atoms with van der Waals surface area (Å²) in [6.07, 6.45) is 3.47. The van der Waals surface area contributed by atoms with Gasteiger partial charge in [0.1, 0.15) is 0 Å². The van der Waals surface area contributed by atoms with Gasteiger partial charge in [-0.25, -0.2) is 4.79 Å². The number of halogens is 1. The van der Waals surface area contributed by atoms with Crippen molar-refractivity contribution < 1.29 is 23.8 Å². The van der Waals surface area contributed by atoms with Crippen molar-refractivity contribution in [3.63, 3.8) is 0 Å². The van der Waals surface area contributed by atoms with Crippen LogP contribution in [0.3, 0.4) is 0 Å². The summed E-state index contributed by atoms with van der Waals surface area (Å²) in [6.45, 7) is 2.18. The number of hydrogen-bond donors (Lipinski definition) is 2. The van der Waals surface area contributed by atoms with Crippen LogP contribution in [0.5, 0.6) is 0 Å². The standard InChI is InChI=1S/C28H38AsClN2O5/c1-29-18-25(15-20-7-3-4-13-36-19-20)32-27(33)23-10-5-8-21(16-23)26(22-9-6-11-24(30)17-22)37-14-12-31-28(34)35-2/h5-6,8-11,16-17,20,25-26,29H,3-4,7,12-15,18-19H2,1-2H3,(H,31,34)(H,32,33)/t20-,25+,26?/m1/s1. The van der Waals surface area contributed by atoms with Crippen molar-refractivity contribution in [2.24, 2.45) is 5.92 Å². The summed E-state index contributed by atoms with van der Waals surface area (Å²) in [7, 11) is 1.32. The van der Waals surface area contributed by atoms with Gasteiger partial charge in [-0.1, -0.05) is 0 Å². The number of hydrogen-bond acceptors (Lipinski definition) is 5. The van der Waals surface area contributed by atoms with E-state index in [1.54, 1.807) is 6.07 Å². The van der Waals surface area contributed by atoms with Gasteiger partial charge in [0.15, 0.2) is 0 Å². The number of alkyl carbamates (subject to hydrolysis) is 1. The van der Waals surface area contributed by atoms with Gasteiger partial charge in [-0.15, -0.1) is 0 Å². The molecule has 2 aromatic carbocycles. The van der Waals surface area contributed by atoms with Crippen LogP contribution in [0.1, 0.15) is 53.3 Å². The molecule has 0 radical (unpaired) electrons. The third kappa shape index (κ3) is 9.97. The Labute approximate surface area is 231 Å². The molecule has 0 spiro atoms. The molecule has 1 aliphatic rings. The fraction of sp³-hybridized carbons (Fsp3) is 0.500. The van der Waals surface area contributed by atoms with Crippen LogP contribution in [0.25, 0.3) is 0 Å². The summed E-state index contributed by atoms with van der Waals surface area (Å²) >= 11 is 6.16. The summed E-state index contributed by atoms with van der Waals surface area (Å²) in [5.41, 5.74) is 4.57. The van der Waals surface area contributed by atoms with E-state index < -0.39 is 12.2 Å². The van der Waals surface area contributed by atoms with E-state index in [9.17, 15) is 9.59 Å². The Kier molecular flexibility index (Phi) is 12.8. The molecule has 0 saturated carbocycles. The van der Waals surface area contributed by atoms with Crippen molar-refractivity contribution in [2.75, 3.05) is 33.5 Å². The molecule has 0 aliphatic carbocycles. The number of benzene rings is 2. The predicted molar refractivity (Wildman–Crippen MR) is 148 cm³/mol. The fourth-order valence-corrected chi connectivity index (χ4v) is 6.36. The van der Waals surface area contributed by atoms with E-state index in [0.29, 0.717) is 16.5 Å². The molecular weight excluding hydrogens is 555 g/mol. The van der Waals surface area contributed by atoms with Crippen molar-refractivity contribution in [1.82, 2.24) is 10.6 Å². The quantitative estimate of drug-likeness (QED) is 0.267. The molecule has 7 nitrogen and oxygen atoms in total. The van der Waals surface area contributed by atoms with Gasteiger partial charge in [0.25, 0.3) is 0 Å². The van der Waals surface area contributed by atoms with Crippen LogP contribution in [0.4, 0.5) is 4.79 Å². The molecule has 1 fully saturated rings. The van der Waals surface area contributed by atoms with Gasteiger partial charge in [0.05, 0.1) is 7.11 Å². The first-order chi connectivity index (χ1) is 18.0. The third-order valence-electron chi connectivity index (χ3n) is 6.35. The summed E-state index contributed by atoms with van der Waals surface area (Å²) < 4.78 is 16.5. The minimum atomic E-state index is -0.513. The monoisotopic (exact) mass is 592 g/mol. The van der Waals surface area contributed by atoms with E-state index in [2.05, 4.69) is 21.1 Å². The molecule has 2 N–H and O–H groups in total. The number of amides is 2.